The Bertz CT molecular complexity index is 831. The molecule has 4 nitrogen and oxygen atoms in total. The van der Waals surface area contributed by atoms with Crippen LogP contribution in [0, 0.1) is 46.3 Å². The third-order valence-electron chi connectivity index (χ3n) is 10.9. The van der Waals surface area contributed by atoms with Crippen molar-refractivity contribution in [2.75, 3.05) is 6.61 Å². The highest BCUT2D eigenvalue weighted by Gasteiger charge is 2.69. The second-order valence-corrected chi connectivity index (χ2v) is 12.8. The first kappa shape index (κ1) is 23.6. The van der Waals surface area contributed by atoms with Gasteiger partial charge in [0.05, 0.1) is 12.7 Å². The number of hydrogen-bond acceptors (Lipinski definition) is 4. The largest absolute Gasteiger partial charge is 0.466 e. The molecule has 0 bridgehead atoms. The van der Waals surface area contributed by atoms with Crippen molar-refractivity contribution in [3.8, 4) is 0 Å². The predicted octanol–water partition coefficient (Wildman–Crippen LogP) is 6.13. The van der Waals surface area contributed by atoms with Gasteiger partial charge in [0.2, 0.25) is 0 Å². The van der Waals surface area contributed by atoms with Gasteiger partial charge in [0.1, 0.15) is 6.10 Å². The maximum atomic E-state index is 12.2. The van der Waals surface area contributed by atoms with E-state index in [1.807, 2.05) is 6.08 Å². The van der Waals surface area contributed by atoms with E-state index in [2.05, 4.69) is 27.7 Å². The number of carbonyl (C=O) groups is 2. The maximum absolute atomic E-state index is 12.2. The highest BCUT2D eigenvalue weighted by atomic mass is 16.6. The molecule has 0 N–H and O–H groups in total. The Hall–Kier alpha value is -1.16. The van der Waals surface area contributed by atoms with Gasteiger partial charge in [-0.25, -0.2) is 0 Å². The molecule has 184 valence electrons. The summed E-state index contributed by atoms with van der Waals surface area (Å²) in [4.78, 5) is 23.2. The van der Waals surface area contributed by atoms with Crippen LogP contribution in [0.3, 0.4) is 0 Å². The van der Waals surface area contributed by atoms with Gasteiger partial charge in [-0.1, -0.05) is 40.5 Å². The number of hydrogen-bond donors (Lipinski definition) is 0. The van der Waals surface area contributed by atoms with Gasteiger partial charge in [0.25, 0.3) is 0 Å². The molecule has 0 radical (unpaired) electrons. The van der Waals surface area contributed by atoms with E-state index in [1.54, 1.807) is 0 Å². The van der Waals surface area contributed by atoms with Crippen molar-refractivity contribution in [3.05, 3.63) is 11.6 Å². The Morgan fingerprint density at radius 2 is 1.94 bits per heavy atom. The topological polar surface area (TPSA) is 55.9 Å². The average Bonchev–Trinajstić information content (AvgIpc) is 3.47. The molecule has 10 atom stereocenters. The van der Waals surface area contributed by atoms with Gasteiger partial charge in [0, 0.05) is 13.3 Å². The van der Waals surface area contributed by atoms with Gasteiger partial charge < -0.3 is 9.47 Å². The average molecular weight is 457 g/mol. The molecule has 1 heterocycles. The summed E-state index contributed by atoms with van der Waals surface area (Å²) in [6.07, 6.45) is 13.3. The van der Waals surface area contributed by atoms with Crippen LogP contribution in [0.4, 0.5) is 0 Å². The summed E-state index contributed by atoms with van der Waals surface area (Å²) in [5, 5.41) is 0. The van der Waals surface area contributed by atoms with Crippen LogP contribution in [0.15, 0.2) is 11.6 Å². The van der Waals surface area contributed by atoms with Crippen LogP contribution in [0.2, 0.25) is 0 Å². The first-order chi connectivity index (χ1) is 15.6. The second-order valence-electron chi connectivity index (χ2n) is 12.8. The number of esters is 1. The number of fused-ring (bicyclic) bond motifs is 8. The van der Waals surface area contributed by atoms with Gasteiger partial charge >= 0.3 is 5.97 Å². The lowest BCUT2D eigenvalue weighted by Gasteiger charge is -2.57. The monoisotopic (exact) mass is 456 g/mol. The molecule has 0 unspecified atom stereocenters. The van der Waals surface area contributed by atoms with E-state index in [9.17, 15) is 9.59 Å². The van der Waals surface area contributed by atoms with Crippen LogP contribution in [-0.2, 0) is 19.1 Å². The minimum Gasteiger partial charge on any atom is -0.466 e. The van der Waals surface area contributed by atoms with Crippen LogP contribution in [0.5, 0.6) is 0 Å². The number of carbonyl (C=O) groups excluding carboxylic acids is 2. The number of rotatable bonds is 7. The van der Waals surface area contributed by atoms with E-state index in [1.165, 1.54) is 51.0 Å². The summed E-state index contributed by atoms with van der Waals surface area (Å²) in [5.41, 5.74) is 1.96. The molecule has 0 spiro atoms. The lowest BCUT2D eigenvalue weighted by Crippen LogP contribution is -2.53. The molecule has 4 heteroatoms. The van der Waals surface area contributed by atoms with E-state index >= 15 is 0 Å². The lowest BCUT2D eigenvalue weighted by atomic mass is 9.46. The van der Waals surface area contributed by atoms with Gasteiger partial charge in [-0.15, -0.1) is 0 Å². The van der Waals surface area contributed by atoms with Crippen molar-refractivity contribution >= 4 is 11.8 Å². The highest BCUT2D eigenvalue weighted by molar-refractivity contribution is 5.92. The van der Waals surface area contributed by atoms with Gasteiger partial charge in [-0.2, -0.15) is 0 Å². The molecule has 0 aromatic rings. The molecule has 0 aromatic heterocycles. The predicted molar refractivity (Wildman–Crippen MR) is 128 cm³/mol. The fourth-order valence-corrected chi connectivity index (χ4v) is 9.12. The summed E-state index contributed by atoms with van der Waals surface area (Å²) >= 11 is 0. The quantitative estimate of drug-likeness (QED) is 0.342. The Morgan fingerprint density at radius 1 is 1.15 bits per heavy atom. The van der Waals surface area contributed by atoms with Crippen LogP contribution in [-0.4, -0.2) is 30.6 Å². The minimum absolute atomic E-state index is 0.170. The molecular formula is C29H44O4. The molecule has 1 aliphatic heterocycles. The Balaban J connectivity index is 1.24. The number of ether oxygens (including phenoxy) is 2. The van der Waals surface area contributed by atoms with Gasteiger partial charge in [-0.05, 0) is 96.5 Å². The Labute approximate surface area is 200 Å². The smallest absolute Gasteiger partial charge is 0.302 e. The van der Waals surface area contributed by atoms with E-state index < -0.39 is 0 Å². The van der Waals surface area contributed by atoms with Crippen LogP contribution < -0.4 is 0 Å². The van der Waals surface area contributed by atoms with E-state index in [0.717, 1.165) is 37.0 Å². The maximum Gasteiger partial charge on any atom is 0.302 e. The fourth-order valence-electron chi connectivity index (χ4n) is 9.12. The molecule has 4 aliphatic carbocycles. The number of epoxide rings is 1. The fraction of sp³-hybridized carbons (Fsp3) is 0.862. The summed E-state index contributed by atoms with van der Waals surface area (Å²) in [7, 11) is 0. The summed E-state index contributed by atoms with van der Waals surface area (Å²) in [6.45, 7) is 11.8. The highest BCUT2D eigenvalue weighted by Crippen LogP contribution is 2.70. The third kappa shape index (κ3) is 3.93. The van der Waals surface area contributed by atoms with Crippen molar-refractivity contribution in [2.24, 2.45) is 46.3 Å². The molecule has 0 amide bonds. The zero-order chi connectivity index (χ0) is 23.5. The van der Waals surface area contributed by atoms with Crippen molar-refractivity contribution < 1.29 is 19.1 Å². The lowest BCUT2D eigenvalue weighted by molar-refractivity contribution is -0.142. The molecule has 0 aromatic carbocycles. The Kier molecular flexibility index (Phi) is 6.07. The van der Waals surface area contributed by atoms with Crippen molar-refractivity contribution in [1.29, 1.82) is 0 Å². The van der Waals surface area contributed by atoms with E-state index in [0.29, 0.717) is 41.7 Å². The van der Waals surface area contributed by atoms with Crippen molar-refractivity contribution in [2.45, 2.75) is 105 Å². The summed E-state index contributed by atoms with van der Waals surface area (Å²) in [6, 6.07) is 0. The minimum atomic E-state index is -0.170. The summed E-state index contributed by atoms with van der Waals surface area (Å²) < 4.78 is 11.5. The van der Waals surface area contributed by atoms with Crippen molar-refractivity contribution in [3.63, 3.8) is 0 Å². The molecule has 1 saturated heterocycles. The zero-order valence-corrected chi connectivity index (χ0v) is 21.4. The molecular weight excluding hydrogens is 412 g/mol. The van der Waals surface area contributed by atoms with Gasteiger partial charge in [0.15, 0.2) is 5.78 Å². The van der Waals surface area contributed by atoms with Crippen LogP contribution >= 0.6 is 0 Å². The first-order valence-corrected chi connectivity index (χ1v) is 13.7. The first-order valence-electron chi connectivity index (χ1n) is 13.7. The van der Waals surface area contributed by atoms with E-state index in [-0.39, 0.29) is 17.5 Å². The van der Waals surface area contributed by atoms with E-state index in [4.69, 9.17) is 9.47 Å². The number of ketones is 1. The van der Waals surface area contributed by atoms with Crippen LogP contribution in [0.1, 0.15) is 92.4 Å². The van der Waals surface area contributed by atoms with Crippen molar-refractivity contribution in [1.82, 2.24) is 0 Å². The summed E-state index contributed by atoms with van der Waals surface area (Å²) in [5.74, 6) is 4.29. The SMILES string of the molecule is CC(=O)OC[C@H](C)CCC[C@@H](C)[C@H]1CC[C@H]2[C@@H]3[C@@H]4O[C@@H]4C4=CC(=O)CC[C@]4(C)[C@H]3CC[C@]12C. The normalized spacial score (nSPS) is 45.1. The second kappa shape index (κ2) is 8.50. The molecule has 5 aliphatic rings. The molecule has 4 fully saturated rings. The van der Waals surface area contributed by atoms with Gasteiger partial charge in [-0.3, -0.25) is 9.59 Å². The Morgan fingerprint density at radius 3 is 2.70 bits per heavy atom. The standard InChI is InChI=1S/C29H44O4/c1-17(16-32-19(3)30)7-6-8-18(2)21-9-10-22-25-23(12-14-28(21,22)4)29(5)13-11-20(31)15-24(29)26-27(25)33-26/h15,17-18,21-23,25-27H,6-14,16H2,1-5H3/t17-,18-,21-,22+,23+,25+,26-,27+,28-,29-/m1/s1. The molecule has 3 saturated carbocycles. The zero-order valence-electron chi connectivity index (χ0n) is 21.4. The molecule has 33 heavy (non-hydrogen) atoms. The third-order valence-corrected chi connectivity index (χ3v) is 10.9. The van der Waals surface area contributed by atoms with Crippen LogP contribution in [0.25, 0.3) is 0 Å². The molecule has 5 rings (SSSR count).